The normalized spacial score (nSPS) is 14.3. The minimum absolute atomic E-state index is 0.725. The van der Waals surface area contributed by atoms with Crippen molar-refractivity contribution >= 4 is 34.3 Å². The predicted octanol–water partition coefficient (Wildman–Crippen LogP) is 4.45. The lowest BCUT2D eigenvalue weighted by Gasteiger charge is -2.26. The van der Waals surface area contributed by atoms with Gasteiger partial charge in [-0.1, -0.05) is 72.4 Å². The van der Waals surface area contributed by atoms with E-state index < -0.39 is 0 Å². The molecule has 0 bridgehead atoms. The number of amidine groups is 1. The Bertz CT molecular complexity index is 701. The molecular formula is C20H23N3S2. The molecule has 0 unspecified atom stereocenters. The van der Waals surface area contributed by atoms with Crippen molar-refractivity contribution in [3.63, 3.8) is 0 Å². The topological polar surface area (TPSA) is 27.6 Å². The van der Waals surface area contributed by atoms with Crippen molar-refractivity contribution in [2.24, 2.45) is 4.99 Å². The summed E-state index contributed by atoms with van der Waals surface area (Å²) in [5, 5.41) is 5.17. The number of thioether (sulfide) groups is 1. The molecule has 130 valence electrons. The van der Waals surface area contributed by atoms with Crippen molar-refractivity contribution in [3.05, 3.63) is 71.8 Å². The summed E-state index contributed by atoms with van der Waals surface area (Å²) < 4.78 is 0. The van der Waals surface area contributed by atoms with Crippen LogP contribution in [0.25, 0.3) is 0 Å². The quantitative estimate of drug-likeness (QED) is 0.806. The summed E-state index contributed by atoms with van der Waals surface area (Å²) in [5.74, 6) is 1.10. The monoisotopic (exact) mass is 369 g/mol. The number of benzene rings is 2. The summed E-state index contributed by atoms with van der Waals surface area (Å²) in [5.41, 5.74) is 2.46. The first-order valence-electron chi connectivity index (χ1n) is 8.63. The van der Waals surface area contributed by atoms with Crippen molar-refractivity contribution in [1.82, 2.24) is 10.2 Å². The molecule has 0 radical (unpaired) electrons. The highest BCUT2D eigenvalue weighted by Gasteiger charge is 2.18. The largest absolute Gasteiger partial charge is 0.358 e. The van der Waals surface area contributed by atoms with Crippen LogP contribution in [0.2, 0.25) is 0 Å². The highest BCUT2D eigenvalue weighted by molar-refractivity contribution is 8.13. The molecule has 1 aliphatic heterocycles. The maximum atomic E-state index is 5.72. The van der Waals surface area contributed by atoms with E-state index in [1.165, 1.54) is 17.5 Å². The van der Waals surface area contributed by atoms with Gasteiger partial charge in [0.1, 0.15) is 0 Å². The van der Waals surface area contributed by atoms with Gasteiger partial charge in [0.25, 0.3) is 0 Å². The minimum atomic E-state index is 0.725. The average molecular weight is 370 g/mol. The van der Waals surface area contributed by atoms with Crippen LogP contribution in [0.5, 0.6) is 0 Å². The first-order valence-corrected chi connectivity index (χ1v) is 10.0. The molecule has 0 aliphatic carbocycles. The van der Waals surface area contributed by atoms with Crippen molar-refractivity contribution in [3.8, 4) is 0 Å². The fraction of sp³-hybridized carbons (Fsp3) is 0.300. The third kappa shape index (κ3) is 5.58. The van der Waals surface area contributed by atoms with Crippen LogP contribution in [0.1, 0.15) is 24.0 Å². The number of hydrogen-bond donors (Lipinski definition) is 1. The Hall–Kier alpha value is -1.85. The average Bonchev–Trinajstić information content (AvgIpc) is 2.95. The smallest absolute Gasteiger partial charge is 0.175 e. The second kappa shape index (κ2) is 9.59. The summed E-state index contributed by atoms with van der Waals surface area (Å²) >= 11 is 7.53. The van der Waals surface area contributed by atoms with Gasteiger partial charge in [-0.15, -0.1) is 0 Å². The van der Waals surface area contributed by atoms with Gasteiger partial charge >= 0.3 is 0 Å². The summed E-state index contributed by atoms with van der Waals surface area (Å²) in [7, 11) is 0. The van der Waals surface area contributed by atoms with Crippen LogP contribution in [0, 0.1) is 0 Å². The lowest BCUT2D eigenvalue weighted by atomic mass is 10.2. The van der Waals surface area contributed by atoms with Crippen molar-refractivity contribution in [1.29, 1.82) is 0 Å². The predicted molar refractivity (Wildman–Crippen MR) is 112 cm³/mol. The van der Waals surface area contributed by atoms with E-state index in [1.54, 1.807) is 0 Å². The van der Waals surface area contributed by atoms with E-state index in [-0.39, 0.29) is 0 Å². The molecule has 0 amide bonds. The molecule has 1 heterocycles. The maximum Gasteiger partial charge on any atom is 0.175 e. The van der Waals surface area contributed by atoms with Crippen LogP contribution in [0.4, 0.5) is 0 Å². The van der Waals surface area contributed by atoms with Gasteiger partial charge in [-0.25, -0.2) is 0 Å². The first-order chi connectivity index (χ1) is 12.3. The third-order valence-electron chi connectivity index (χ3n) is 3.98. The van der Waals surface area contributed by atoms with Gasteiger partial charge < -0.3 is 5.32 Å². The number of hydrogen-bond acceptors (Lipinski definition) is 3. The molecule has 0 spiro atoms. The molecule has 0 saturated heterocycles. The zero-order chi connectivity index (χ0) is 17.3. The molecule has 1 N–H and O–H groups in total. The molecule has 3 rings (SSSR count). The Balaban J connectivity index is 1.72. The van der Waals surface area contributed by atoms with Gasteiger partial charge in [0, 0.05) is 18.8 Å². The van der Waals surface area contributed by atoms with Crippen LogP contribution in [0.3, 0.4) is 0 Å². The molecule has 2 aromatic rings. The highest BCUT2D eigenvalue weighted by Crippen LogP contribution is 2.18. The zero-order valence-corrected chi connectivity index (χ0v) is 15.9. The molecule has 5 heteroatoms. The molecule has 25 heavy (non-hydrogen) atoms. The summed E-state index contributed by atoms with van der Waals surface area (Å²) in [6.07, 6.45) is 2.36. The van der Waals surface area contributed by atoms with Gasteiger partial charge in [0.15, 0.2) is 10.3 Å². The molecule has 0 atom stereocenters. The third-order valence-corrected chi connectivity index (χ3v) is 5.44. The van der Waals surface area contributed by atoms with Gasteiger partial charge in [-0.2, -0.15) is 0 Å². The minimum Gasteiger partial charge on any atom is -0.358 e. The van der Waals surface area contributed by atoms with E-state index in [4.69, 9.17) is 17.2 Å². The SMILES string of the molecule is S=C(NCc1ccccc1)N(Cc1ccccc1)C1=NCCCCS1. The Morgan fingerprint density at radius 1 is 1.00 bits per heavy atom. The first kappa shape index (κ1) is 18.0. The molecule has 2 aromatic carbocycles. The molecule has 3 nitrogen and oxygen atoms in total. The van der Waals surface area contributed by atoms with Crippen molar-refractivity contribution in [2.75, 3.05) is 12.3 Å². The van der Waals surface area contributed by atoms with Crippen molar-refractivity contribution in [2.45, 2.75) is 25.9 Å². The van der Waals surface area contributed by atoms with Gasteiger partial charge in [0.05, 0.1) is 6.54 Å². The van der Waals surface area contributed by atoms with E-state index in [9.17, 15) is 0 Å². The Morgan fingerprint density at radius 2 is 1.68 bits per heavy atom. The van der Waals surface area contributed by atoms with E-state index in [1.807, 2.05) is 36.0 Å². The van der Waals surface area contributed by atoms with E-state index in [0.29, 0.717) is 0 Å². The Morgan fingerprint density at radius 3 is 2.40 bits per heavy atom. The van der Waals surface area contributed by atoms with Crippen LogP contribution in [-0.4, -0.2) is 27.5 Å². The van der Waals surface area contributed by atoms with E-state index >= 15 is 0 Å². The molecule has 0 fully saturated rings. The zero-order valence-electron chi connectivity index (χ0n) is 14.2. The van der Waals surface area contributed by atoms with Crippen LogP contribution >= 0.6 is 24.0 Å². The number of nitrogens with one attached hydrogen (secondary N) is 1. The Labute approximate surface area is 159 Å². The van der Waals surface area contributed by atoms with Crippen LogP contribution in [-0.2, 0) is 13.1 Å². The van der Waals surface area contributed by atoms with Crippen LogP contribution < -0.4 is 5.32 Å². The summed E-state index contributed by atoms with van der Waals surface area (Å²) in [4.78, 5) is 6.92. The Kier molecular flexibility index (Phi) is 6.89. The van der Waals surface area contributed by atoms with Crippen molar-refractivity contribution < 1.29 is 0 Å². The fourth-order valence-corrected chi connectivity index (χ4v) is 3.93. The van der Waals surface area contributed by atoms with Gasteiger partial charge in [0.2, 0.25) is 0 Å². The van der Waals surface area contributed by atoms with Crippen LogP contribution in [0.15, 0.2) is 65.7 Å². The number of rotatable bonds is 4. The molecule has 0 saturated carbocycles. The number of thiocarbonyl (C=S) groups is 1. The van der Waals surface area contributed by atoms with E-state index in [0.717, 1.165) is 42.1 Å². The fourth-order valence-electron chi connectivity index (χ4n) is 2.62. The number of aliphatic imine (C=N–C) groups is 1. The molecule has 0 aromatic heterocycles. The maximum absolute atomic E-state index is 5.72. The second-order valence-electron chi connectivity index (χ2n) is 5.94. The summed E-state index contributed by atoms with van der Waals surface area (Å²) in [6, 6.07) is 20.8. The molecular weight excluding hydrogens is 346 g/mol. The van der Waals surface area contributed by atoms with Gasteiger partial charge in [-0.05, 0) is 36.2 Å². The van der Waals surface area contributed by atoms with Gasteiger partial charge in [-0.3, -0.25) is 9.89 Å². The summed E-state index contributed by atoms with van der Waals surface area (Å²) in [6.45, 7) is 2.35. The highest BCUT2D eigenvalue weighted by atomic mass is 32.2. The number of nitrogens with zero attached hydrogens (tertiary/aromatic N) is 2. The second-order valence-corrected chi connectivity index (χ2v) is 7.38. The lowest BCUT2D eigenvalue weighted by Crippen LogP contribution is -2.42. The molecule has 1 aliphatic rings. The van der Waals surface area contributed by atoms with E-state index in [2.05, 4.69) is 46.6 Å². The standard InChI is InChI=1S/C20H23N3S2/c24-19(22-15-17-9-3-1-4-10-17)23(16-18-11-5-2-6-12-18)20-21-13-7-8-14-25-20/h1-6,9-12H,7-8,13-16H2,(H,22,24). The lowest BCUT2D eigenvalue weighted by molar-refractivity contribution is 0.592.